The summed E-state index contributed by atoms with van der Waals surface area (Å²) in [5.74, 6) is -0.713. The maximum atomic E-state index is 10.2. The minimum absolute atomic E-state index is 0.000278. The molecule has 2 N–H and O–H groups in total. The van der Waals surface area contributed by atoms with Gasteiger partial charge in [0, 0.05) is 24.8 Å². The zero-order chi connectivity index (χ0) is 16.5. The van der Waals surface area contributed by atoms with Crippen LogP contribution >= 0.6 is 0 Å². The van der Waals surface area contributed by atoms with Gasteiger partial charge < -0.3 is 10.2 Å². The van der Waals surface area contributed by atoms with E-state index in [2.05, 4.69) is 9.97 Å². The van der Waals surface area contributed by atoms with E-state index in [0.29, 0.717) is 5.56 Å². The van der Waals surface area contributed by atoms with Gasteiger partial charge in [-0.15, -0.1) is 0 Å². The Morgan fingerprint density at radius 1 is 0.783 bits per heavy atom. The van der Waals surface area contributed by atoms with E-state index in [9.17, 15) is 4.79 Å². The number of rotatable bonds is 3. The van der Waals surface area contributed by atoms with Gasteiger partial charge in [-0.05, 0) is 53.1 Å². The Morgan fingerprint density at radius 2 is 1.22 bits per heavy atom. The van der Waals surface area contributed by atoms with Crippen LogP contribution in [0.4, 0.5) is 0 Å². The first-order chi connectivity index (χ1) is 11.1. The minimum Gasteiger partial charge on any atom is -0.508 e. The quantitative estimate of drug-likeness (QED) is 0.776. The number of aromatic hydroxyl groups is 1. The van der Waals surface area contributed by atoms with Crippen LogP contribution in [0.15, 0.2) is 73.3 Å². The number of carboxylic acids is 1. The van der Waals surface area contributed by atoms with E-state index in [1.807, 2.05) is 24.3 Å². The highest BCUT2D eigenvalue weighted by Gasteiger charge is 1.98. The second-order valence-corrected chi connectivity index (χ2v) is 4.71. The van der Waals surface area contributed by atoms with Crippen molar-refractivity contribution in [1.82, 2.24) is 9.97 Å². The largest absolute Gasteiger partial charge is 0.508 e. The number of nitrogens with zero attached hydrogens (tertiary/aromatic N) is 2. The molecule has 116 valence electrons. The number of phenolic OH excluding ortho intramolecular Hbond substituents is 1. The summed E-state index contributed by atoms with van der Waals surface area (Å²) in [7, 11) is 0. The van der Waals surface area contributed by atoms with Crippen molar-refractivity contribution >= 4 is 5.97 Å². The van der Waals surface area contributed by atoms with Crippen molar-refractivity contribution in [3.63, 3.8) is 0 Å². The summed E-state index contributed by atoms with van der Waals surface area (Å²) in [6.07, 6.45) is 7.15. The van der Waals surface area contributed by atoms with E-state index in [1.54, 1.807) is 36.9 Å². The SMILES string of the molecule is O=C(O)Cc1ccc(O)cc1.c1cc(-c2ccncc2)ccn1. The number of carbonyl (C=O) groups is 1. The predicted octanol–water partition coefficient (Wildman–Crippen LogP) is 3.16. The molecule has 3 aromatic rings. The molecular formula is C18H16N2O3. The zero-order valence-corrected chi connectivity index (χ0v) is 12.3. The molecule has 0 saturated heterocycles. The van der Waals surface area contributed by atoms with Gasteiger partial charge in [-0.25, -0.2) is 0 Å². The van der Waals surface area contributed by atoms with Gasteiger partial charge in [0.25, 0.3) is 0 Å². The van der Waals surface area contributed by atoms with E-state index in [0.717, 1.165) is 0 Å². The molecule has 0 atom stereocenters. The fourth-order valence-electron chi connectivity index (χ4n) is 1.88. The maximum Gasteiger partial charge on any atom is 0.307 e. The number of hydrogen-bond donors (Lipinski definition) is 2. The number of pyridine rings is 2. The molecule has 0 amide bonds. The summed E-state index contributed by atoms with van der Waals surface area (Å²) in [6, 6.07) is 14.0. The summed E-state index contributed by atoms with van der Waals surface area (Å²) < 4.78 is 0. The fourth-order valence-corrected chi connectivity index (χ4v) is 1.88. The molecule has 0 fully saturated rings. The molecule has 0 aliphatic carbocycles. The Balaban J connectivity index is 0.000000168. The fraction of sp³-hybridized carbons (Fsp3) is 0.0556. The number of aromatic nitrogens is 2. The number of phenols is 1. The van der Waals surface area contributed by atoms with Gasteiger partial charge in [-0.1, -0.05) is 12.1 Å². The van der Waals surface area contributed by atoms with Crippen molar-refractivity contribution in [2.45, 2.75) is 6.42 Å². The van der Waals surface area contributed by atoms with Crippen LogP contribution < -0.4 is 0 Å². The highest BCUT2D eigenvalue weighted by atomic mass is 16.4. The number of hydrogen-bond acceptors (Lipinski definition) is 4. The first-order valence-corrected chi connectivity index (χ1v) is 6.95. The van der Waals surface area contributed by atoms with E-state index in [-0.39, 0.29) is 12.2 Å². The lowest BCUT2D eigenvalue weighted by Crippen LogP contribution is -1.98. The van der Waals surface area contributed by atoms with Gasteiger partial charge >= 0.3 is 5.97 Å². The normalized spacial score (nSPS) is 9.57. The lowest BCUT2D eigenvalue weighted by Gasteiger charge is -1.97. The van der Waals surface area contributed by atoms with Crippen LogP contribution in [-0.2, 0) is 11.2 Å². The van der Waals surface area contributed by atoms with Crippen LogP contribution in [0.3, 0.4) is 0 Å². The van der Waals surface area contributed by atoms with Gasteiger partial charge in [0.05, 0.1) is 6.42 Å². The van der Waals surface area contributed by atoms with Crippen LogP contribution in [0.2, 0.25) is 0 Å². The Morgan fingerprint density at radius 3 is 1.61 bits per heavy atom. The van der Waals surface area contributed by atoms with Crippen LogP contribution in [0, 0.1) is 0 Å². The smallest absolute Gasteiger partial charge is 0.307 e. The number of benzene rings is 1. The highest BCUT2D eigenvalue weighted by Crippen LogP contribution is 2.15. The third-order valence-corrected chi connectivity index (χ3v) is 2.99. The van der Waals surface area contributed by atoms with Crippen LogP contribution in [-0.4, -0.2) is 26.2 Å². The second-order valence-electron chi connectivity index (χ2n) is 4.71. The molecule has 5 heteroatoms. The number of aliphatic carboxylic acids is 1. The van der Waals surface area contributed by atoms with Crippen molar-refractivity contribution in [3.8, 4) is 16.9 Å². The molecule has 5 nitrogen and oxygen atoms in total. The summed E-state index contributed by atoms with van der Waals surface area (Å²) in [5, 5.41) is 17.2. The summed E-state index contributed by atoms with van der Waals surface area (Å²) in [5.41, 5.74) is 3.04. The third-order valence-electron chi connectivity index (χ3n) is 2.99. The van der Waals surface area contributed by atoms with E-state index in [1.165, 1.54) is 23.3 Å². The lowest BCUT2D eigenvalue weighted by atomic mass is 10.1. The Hall–Kier alpha value is -3.21. The summed E-state index contributed by atoms with van der Waals surface area (Å²) in [4.78, 5) is 18.1. The Kier molecular flexibility index (Phi) is 5.82. The molecule has 0 unspecified atom stereocenters. The summed E-state index contributed by atoms with van der Waals surface area (Å²) >= 11 is 0. The Labute approximate surface area is 133 Å². The molecule has 0 aliphatic rings. The second kappa shape index (κ2) is 8.29. The van der Waals surface area contributed by atoms with Gasteiger partial charge in [0.2, 0.25) is 0 Å². The van der Waals surface area contributed by atoms with Crippen molar-refractivity contribution in [3.05, 3.63) is 78.9 Å². The van der Waals surface area contributed by atoms with Gasteiger partial charge in [-0.2, -0.15) is 0 Å². The molecule has 0 radical (unpaired) electrons. The molecule has 0 spiro atoms. The maximum absolute atomic E-state index is 10.2. The third kappa shape index (κ3) is 5.59. The molecule has 2 heterocycles. The van der Waals surface area contributed by atoms with Crippen molar-refractivity contribution in [2.75, 3.05) is 0 Å². The highest BCUT2D eigenvalue weighted by molar-refractivity contribution is 5.70. The van der Waals surface area contributed by atoms with Crippen molar-refractivity contribution in [1.29, 1.82) is 0 Å². The first-order valence-electron chi connectivity index (χ1n) is 6.95. The van der Waals surface area contributed by atoms with E-state index < -0.39 is 5.97 Å². The molecular weight excluding hydrogens is 292 g/mol. The Bertz CT molecular complexity index is 692. The molecule has 23 heavy (non-hydrogen) atoms. The molecule has 0 aliphatic heterocycles. The van der Waals surface area contributed by atoms with Gasteiger partial charge in [0.15, 0.2) is 0 Å². The standard InChI is InChI=1S/C10H8N2.C8H8O3/c1-5-11-6-2-9(1)10-3-7-12-8-4-10;9-7-3-1-6(2-4-7)5-8(10)11/h1-8H;1-4,9H,5H2,(H,10,11). The van der Waals surface area contributed by atoms with Gasteiger partial charge in [0.1, 0.15) is 5.75 Å². The van der Waals surface area contributed by atoms with Crippen LogP contribution in [0.25, 0.3) is 11.1 Å². The molecule has 3 rings (SSSR count). The van der Waals surface area contributed by atoms with Crippen LogP contribution in [0.5, 0.6) is 5.75 Å². The zero-order valence-electron chi connectivity index (χ0n) is 12.3. The number of carboxylic acid groups (broad SMARTS) is 1. The summed E-state index contributed by atoms with van der Waals surface area (Å²) in [6.45, 7) is 0. The van der Waals surface area contributed by atoms with E-state index >= 15 is 0 Å². The lowest BCUT2D eigenvalue weighted by molar-refractivity contribution is -0.136. The topological polar surface area (TPSA) is 83.3 Å². The first kappa shape index (κ1) is 16.2. The average molecular weight is 308 g/mol. The molecule has 0 bridgehead atoms. The minimum atomic E-state index is -0.865. The van der Waals surface area contributed by atoms with Gasteiger partial charge in [-0.3, -0.25) is 14.8 Å². The monoisotopic (exact) mass is 308 g/mol. The molecule has 0 saturated carbocycles. The average Bonchev–Trinajstić information content (AvgIpc) is 2.59. The van der Waals surface area contributed by atoms with E-state index in [4.69, 9.17) is 10.2 Å². The van der Waals surface area contributed by atoms with Crippen molar-refractivity contribution < 1.29 is 15.0 Å². The van der Waals surface area contributed by atoms with Crippen LogP contribution in [0.1, 0.15) is 5.56 Å². The predicted molar refractivity (Wildman–Crippen MR) is 86.9 cm³/mol. The van der Waals surface area contributed by atoms with Crippen molar-refractivity contribution in [2.24, 2.45) is 0 Å². The molecule has 2 aromatic heterocycles. The molecule has 1 aromatic carbocycles.